The van der Waals surface area contributed by atoms with Crippen molar-refractivity contribution in [2.75, 3.05) is 26.2 Å². The zero-order valence-electron chi connectivity index (χ0n) is 21.6. The first kappa shape index (κ1) is 26.3. The number of fused-ring (bicyclic) bond motifs is 2. The lowest BCUT2D eigenvalue weighted by atomic mass is 9.95. The van der Waals surface area contributed by atoms with Gasteiger partial charge in [0.1, 0.15) is 30.0 Å². The fraction of sp³-hybridized carbons (Fsp3) is 0.654. The summed E-state index contributed by atoms with van der Waals surface area (Å²) >= 11 is 3.22. The van der Waals surface area contributed by atoms with Gasteiger partial charge < -0.3 is 19.1 Å². The summed E-state index contributed by atoms with van der Waals surface area (Å²) in [5.41, 5.74) is -0.923. The van der Waals surface area contributed by atoms with Crippen LogP contribution < -0.4 is 9.47 Å². The van der Waals surface area contributed by atoms with Crippen LogP contribution in [-0.4, -0.2) is 81.6 Å². The number of ether oxygens (including phenoxy) is 3. The number of aromatic nitrogens is 2. The van der Waals surface area contributed by atoms with Crippen LogP contribution in [0.25, 0.3) is 10.9 Å². The van der Waals surface area contributed by atoms with Gasteiger partial charge in [-0.15, -0.1) is 0 Å². The lowest BCUT2D eigenvalue weighted by Crippen LogP contribution is -2.43. The van der Waals surface area contributed by atoms with Crippen molar-refractivity contribution in [2.45, 2.75) is 82.8 Å². The van der Waals surface area contributed by atoms with Crippen LogP contribution in [0.2, 0.25) is 0 Å². The summed E-state index contributed by atoms with van der Waals surface area (Å²) < 4.78 is 47.4. The van der Waals surface area contributed by atoms with E-state index in [1.54, 1.807) is 17.0 Å². The van der Waals surface area contributed by atoms with Crippen molar-refractivity contribution in [3.8, 4) is 11.9 Å². The molecule has 37 heavy (non-hydrogen) atoms. The van der Waals surface area contributed by atoms with E-state index in [1.807, 2.05) is 27.7 Å². The second kappa shape index (κ2) is 9.80. The summed E-state index contributed by atoms with van der Waals surface area (Å²) in [7, 11) is 0. The topological polar surface area (TPSA) is 77.0 Å². The number of nitrogens with zero attached hydrogens (tertiary/aromatic N) is 4. The van der Waals surface area contributed by atoms with Crippen LogP contribution in [0.3, 0.4) is 0 Å². The van der Waals surface area contributed by atoms with Gasteiger partial charge in [0.05, 0.1) is 21.4 Å². The summed E-state index contributed by atoms with van der Waals surface area (Å²) in [6.45, 7) is 9.30. The molecule has 3 saturated heterocycles. The summed E-state index contributed by atoms with van der Waals surface area (Å²) in [6.07, 6.45) is 1.13. The Morgan fingerprint density at radius 3 is 2.81 bits per heavy atom. The van der Waals surface area contributed by atoms with Gasteiger partial charge in [-0.05, 0) is 75.1 Å². The van der Waals surface area contributed by atoms with Crippen molar-refractivity contribution in [3.05, 3.63) is 22.4 Å². The molecule has 0 radical (unpaired) electrons. The number of rotatable bonds is 5. The second-order valence-electron chi connectivity index (χ2n) is 11.3. The van der Waals surface area contributed by atoms with Gasteiger partial charge in [-0.1, -0.05) is 0 Å². The molecule has 0 spiro atoms. The Balaban J connectivity index is 1.39. The Labute approximate surface area is 223 Å². The molecule has 8 nitrogen and oxygen atoms in total. The number of carbonyl (C=O) groups excluding carboxylic acids is 1. The molecular weight excluding hydrogens is 550 g/mol. The van der Waals surface area contributed by atoms with Crippen molar-refractivity contribution >= 4 is 32.9 Å². The molecule has 202 valence electrons. The van der Waals surface area contributed by atoms with Gasteiger partial charge >= 0.3 is 12.1 Å². The molecule has 11 heteroatoms. The number of hydrogen-bond donors (Lipinski definition) is 0. The van der Waals surface area contributed by atoms with Crippen LogP contribution in [0.15, 0.2) is 16.6 Å². The Kier molecular flexibility index (Phi) is 6.97. The van der Waals surface area contributed by atoms with Crippen molar-refractivity contribution in [2.24, 2.45) is 0 Å². The third kappa shape index (κ3) is 5.21. The number of carbonyl (C=O) groups is 1. The average Bonchev–Trinajstić information content (AvgIpc) is 3.46. The molecular formula is C26H33BrF2N4O4. The zero-order chi connectivity index (χ0) is 26.5. The molecule has 3 aliphatic heterocycles. The Hall–Kier alpha value is -2.27. The molecule has 0 saturated carbocycles. The first-order chi connectivity index (χ1) is 17.5. The SMILES string of the molecule is C[C@@H]1[C@H](Oc2nc(OC[C@@]34CCCN3C[C@H](F)C4)nc3c(F)c(Br)ccc23)CCN1C(=O)OC(C)(C)C. The van der Waals surface area contributed by atoms with Gasteiger partial charge in [-0.3, -0.25) is 4.90 Å². The van der Waals surface area contributed by atoms with Crippen LogP contribution in [0.5, 0.6) is 11.9 Å². The molecule has 3 fully saturated rings. The summed E-state index contributed by atoms with van der Waals surface area (Å²) in [5, 5.41) is 0.404. The van der Waals surface area contributed by atoms with E-state index in [1.165, 1.54) is 0 Å². The molecule has 1 aromatic carbocycles. The maximum atomic E-state index is 15.1. The number of halogens is 3. The molecule has 1 amide bonds. The number of alkyl halides is 1. The van der Waals surface area contributed by atoms with Crippen molar-refractivity contribution < 1.29 is 27.8 Å². The largest absolute Gasteiger partial charge is 0.471 e. The van der Waals surface area contributed by atoms with Crippen LogP contribution in [0.1, 0.15) is 53.4 Å². The number of benzene rings is 1. The van der Waals surface area contributed by atoms with Gasteiger partial charge in [-0.2, -0.15) is 9.97 Å². The van der Waals surface area contributed by atoms with E-state index in [2.05, 4.69) is 30.8 Å². The second-order valence-corrected chi connectivity index (χ2v) is 12.1. The third-order valence-corrected chi connectivity index (χ3v) is 8.12. The smallest absolute Gasteiger partial charge is 0.410 e. The number of likely N-dealkylation sites (tertiary alicyclic amines) is 1. The van der Waals surface area contributed by atoms with E-state index in [0.717, 1.165) is 19.4 Å². The molecule has 4 heterocycles. The molecule has 5 rings (SSSR count). The maximum absolute atomic E-state index is 15.1. The molecule has 4 atom stereocenters. The number of hydrogen-bond acceptors (Lipinski definition) is 7. The lowest BCUT2D eigenvalue weighted by Gasteiger charge is -2.31. The van der Waals surface area contributed by atoms with Gasteiger partial charge in [0, 0.05) is 25.9 Å². The van der Waals surface area contributed by atoms with Gasteiger partial charge in [0.15, 0.2) is 5.82 Å². The van der Waals surface area contributed by atoms with E-state index >= 15 is 4.39 Å². The average molecular weight is 583 g/mol. The standard InChI is InChI=1S/C26H33BrF2N4O4/c1-15-19(8-11-33(15)24(34)37-25(2,3)4)36-22-17-6-7-18(27)20(29)21(17)30-23(31-22)35-14-26-9-5-10-32(26)13-16(28)12-26/h6-7,15-16,19H,5,8-14H2,1-4H3/t15-,16-,19-,26+/m1/s1. The van der Waals surface area contributed by atoms with Gasteiger partial charge in [0.25, 0.3) is 0 Å². The molecule has 2 aromatic rings. The quantitative estimate of drug-likeness (QED) is 0.475. The highest BCUT2D eigenvalue weighted by Gasteiger charge is 2.49. The van der Waals surface area contributed by atoms with E-state index in [9.17, 15) is 9.18 Å². The van der Waals surface area contributed by atoms with Crippen LogP contribution >= 0.6 is 15.9 Å². The highest BCUT2D eigenvalue weighted by atomic mass is 79.9. The monoisotopic (exact) mass is 582 g/mol. The molecule has 0 N–H and O–H groups in total. The lowest BCUT2D eigenvalue weighted by molar-refractivity contribution is 0.0190. The third-order valence-electron chi connectivity index (χ3n) is 7.51. The fourth-order valence-corrected chi connectivity index (χ4v) is 6.00. The Morgan fingerprint density at radius 2 is 2.05 bits per heavy atom. The van der Waals surface area contributed by atoms with Crippen LogP contribution in [-0.2, 0) is 4.74 Å². The van der Waals surface area contributed by atoms with Crippen molar-refractivity contribution in [1.82, 2.24) is 19.8 Å². The fourth-order valence-electron chi connectivity index (χ4n) is 5.68. The van der Waals surface area contributed by atoms with Crippen molar-refractivity contribution in [3.63, 3.8) is 0 Å². The van der Waals surface area contributed by atoms with Gasteiger partial charge in [0.2, 0.25) is 5.88 Å². The van der Waals surface area contributed by atoms with Crippen LogP contribution in [0.4, 0.5) is 13.6 Å². The molecule has 0 bridgehead atoms. The molecule has 0 unspecified atom stereocenters. The zero-order valence-corrected chi connectivity index (χ0v) is 23.2. The summed E-state index contributed by atoms with van der Waals surface area (Å²) in [5.74, 6) is -0.361. The predicted molar refractivity (Wildman–Crippen MR) is 137 cm³/mol. The van der Waals surface area contributed by atoms with Crippen molar-refractivity contribution in [1.29, 1.82) is 0 Å². The molecule has 3 aliphatic rings. The predicted octanol–water partition coefficient (Wildman–Crippen LogP) is 5.26. The summed E-state index contributed by atoms with van der Waals surface area (Å²) in [4.78, 5) is 25.3. The first-order valence-electron chi connectivity index (χ1n) is 12.8. The van der Waals surface area contributed by atoms with E-state index in [0.29, 0.717) is 31.3 Å². The van der Waals surface area contributed by atoms with E-state index in [-0.39, 0.29) is 46.2 Å². The van der Waals surface area contributed by atoms with Gasteiger partial charge in [-0.25, -0.2) is 13.6 Å². The Bertz CT molecular complexity index is 1200. The van der Waals surface area contributed by atoms with Crippen LogP contribution in [0, 0.1) is 5.82 Å². The minimum absolute atomic E-state index is 0.0160. The minimum atomic E-state index is -0.884. The number of amides is 1. The Morgan fingerprint density at radius 1 is 1.27 bits per heavy atom. The van der Waals surface area contributed by atoms with E-state index < -0.39 is 23.7 Å². The van der Waals surface area contributed by atoms with E-state index in [4.69, 9.17) is 14.2 Å². The molecule has 0 aliphatic carbocycles. The molecule has 1 aromatic heterocycles. The first-order valence-corrected chi connectivity index (χ1v) is 13.6. The highest BCUT2D eigenvalue weighted by molar-refractivity contribution is 9.10. The minimum Gasteiger partial charge on any atom is -0.471 e. The maximum Gasteiger partial charge on any atom is 0.410 e. The summed E-state index contributed by atoms with van der Waals surface area (Å²) in [6, 6.07) is 2.97. The highest BCUT2D eigenvalue weighted by Crippen LogP contribution is 2.41. The normalized spacial score (nSPS) is 28.1.